The summed E-state index contributed by atoms with van der Waals surface area (Å²) in [7, 11) is 3.10. The van der Waals surface area contributed by atoms with Crippen LogP contribution in [0.15, 0.2) is 24.3 Å². The summed E-state index contributed by atoms with van der Waals surface area (Å²) in [5.74, 6) is 1.57. The van der Waals surface area contributed by atoms with E-state index < -0.39 is 5.41 Å². The second-order valence-corrected chi connectivity index (χ2v) is 6.89. The van der Waals surface area contributed by atoms with E-state index in [4.69, 9.17) is 19.2 Å². The molecule has 6 nitrogen and oxygen atoms in total. The van der Waals surface area contributed by atoms with Gasteiger partial charge in [-0.15, -0.1) is 0 Å². The number of ether oxygens (including phenoxy) is 3. The fourth-order valence-electron chi connectivity index (χ4n) is 4.10. The van der Waals surface area contributed by atoms with Crippen LogP contribution < -0.4 is 9.64 Å². The predicted octanol–water partition coefficient (Wildman–Crippen LogP) is 2.18. The quantitative estimate of drug-likeness (QED) is 0.797. The minimum atomic E-state index is -0.583. The molecule has 6 heteroatoms. The van der Waals surface area contributed by atoms with E-state index in [1.807, 2.05) is 18.2 Å². The number of carbonyl (C=O) groups is 1. The van der Waals surface area contributed by atoms with E-state index in [2.05, 4.69) is 17.9 Å². The van der Waals surface area contributed by atoms with E-state index >= 15 is 0 Å². The lowest BCUT2D eigenvalue weighted by molar-refractivity contribution is -0.152. The van der Waals surface area contributed by atoms with Crippen molar-refractivity contribution in [3.8, 4) is 5.75 Å². The van der Waals surface area contributed by atoms with Crippen LogP contribution in [-0.2, 0) is 14.3 Å². The van der Waals surface area contributed by atoms with Crippen molar-refractivity contribution in [2.24, 2.45) is 11.3 Å². The predicted molar refractivity (Wildman–Crippen MR) is 94.0 cm³/mol. The largest absolute Gasteiger partial charge is 0.494 e. The Hall–Kier alpha value is -2.34. The molecule has 4 rings (SSSR count). The molecule has 0 unspecified atom stereocenters. The third-order valence-electron chi connectivity index (χ3n) is 5.51. The molecule has 2 fully saturated rings. The zero-order valence-electron chi connectivity index (χ0n) is 14.7. The molecule has 0 N–H and O–H groups in total. The average Bonchev–Trinajstić information content (AvgIpc) is 3.18. The second kappa shape index (κ2) is 5.88. The number of fused-ring (bicyclic) bond motifs is 2. The van der Waals surface area contributed by atoms with E-state index in [1.54, 1.807) is 7.11 Å². The number of aryl methyl sites for hydroxylation is 1. The number of hydrogen-bond acceptors (Lipinski definition) is 6. The standard InChI is InChI=1S/C19H22N2O4/c1-12-7-16(20-17-14(12)5-4-6-15(17)23-2)21-8-13-9-25-11-19(13,10-21)18(22)24-3/h4-7,13H,8-11H2,1-3H3/t13-,19-/m0/s1. The third-order valence-corrected chi connectivity index (χ3v) is 5.51. The smallest absolute Gasteiger partial charge is 0.316 e. The van der Waals surface area contributed by atoms with Crippen molar-refractivity contribution >= 4 is 22.7 Å². The second-order valence-electron chi connectivity index (χ2n) is 6.89. The van der Waals surface area contributed by atoms with Crippen molar-refractivity contribution in [1.82, 2.24) is 4.98 Å². The molecule has 0 saturated carbocycles. The molecule has 2 aliphatic heterocycles. The summed E-state index contributed by atoms with van der Waals surface area (Å²) in [5, 5.41) is 1.08. The van der Waals surface area contributed by atoms with E-state index in [9.17, 15) is 4.79 Å². The van der Waals surface area contributed by atoms with E-state index in [1.165, 1.54) is 7.11 Å². The fraction of sp³-hybridized carbons (Fsp3) is 0.474. The first-order valence-electron chi connectivity index (χ1n) is 8.44. The minimum absolute atomic E-state index is 0.135. The van der Waals surface area contributed by atoms with Gasteiger partial charge in [0.05, 0.1) is 27.4 Å². The van der Waals surface area contributed by atoms with Crippen molar-refractivity contribution in [3.05, 3.63) is 29.8 Å². The van der Waals surface area contributed by atoms with Gasteiger partial charge < -0.3 is 19.1 Å². The van der Waals surface area contributed by atoms with E-state index in [0.29, 0.717) is 19.8 Å². The molecular weight excluding hydrogens is 320 g/mol. The highest BCUT2D eigenvalue weighted by Crippen LogP contribution is 2.44. The molecule has 2 aromatic rings. The first-order valence-corrected chi connectivity index (χ1v) is 8.44. The molecule has 2 atom stereocenters. The SMILES string of the molecule is COC(=O)[C@@]12COC[C@@H]1CN(c1cc(C)c3cccc(OC)c3n1)C2. The monoisotopic (exact) mass is 342 g/mol. The normalized spacial score (nSPS) is 25.2. The summed E-state index contributed by atoms with van der Waals surface area (Å²) in [6.07, 6.45) is 0. The van der Waals surface area contributed by atoms with Gasteiger partial charge in [-0.2, -0.15) is 0 Å². The van der Waals surface area contributed by atoms with Crippen LogP contribution in [-0.4, -0.2) is 51.5 Å². The number of hydrogen-bond donors (Lipinski definition) is 0. The Morgan fingerprint density at radius 3 is 3.00 bits per heavy atom. The van der Waals surface area contributed by atoms with Gasteiger partial charge in [-0.05, 0) is 24.6 Å². The van der Waals surface area contributed by atoms with Gasteiger partial charge in [0.2, 0.25) is 0 Å². The number of pyridine rings is 1. The van der Waals surface area contributed by atoms with Gasteiger partial charge in [0, 0.05) is 24.4 Å². The molecule has 0 aliphatic carbocycles. The highest BCUT2D eigenvalue weighted by atomic mass is 16.5. The van der Waals surface area contributed by atoms with Gasteiger partial charge in [0.25, 0.3) is 0 Å². The molecule has 2 aliphatic rings. The highest BCUT2D eigenvalue weighted by Gasteiger charge is 2.57. The maximum absolute atomic E-state index is 12.4. The van der Waals surface area contributed by atoms with E-state index in [0.717, 1.165) is 34.6 Å². The fourth-order valence-corrected chi connectivity index (χ4v) is 4.10. The molecule has 1 aromatic carbocycles. The topological polar surface area (TPSA) is 60.9 Å². The van der Waals surface area contributed by atoms with Crippen LogP contribution in [0.4, 0.5) is 5.82 Å². The molecule has 2 saturated heterocycles. The first kappa shape index (κ1) is 16.1. The van der Waals surface area contributed by atoms with Crippen LogP contribution in [0.25, 0.3) is 10.9 Å². The van der Waals surface area contributed by atoms with Crippen LogP contribution in [0.3, 0.4) is 0 Å². The number of para-hydroxylation sites is 1. The van der Waals surface area contributed by atoms with E-state index in [-0.39, 0.29) is 11.9 Å². The summed E-state index contributed by atoms with van der Waals surface area (Å²) in [6, 6.07) is 8.02. The lowest BCUT2D eigenvalue weighted by atomic mass is 9.81. The average molecular weight is 342 g/mol. The first-order chi connectivity index (χ1) is 12.1. The van der Waals surface area contributed by atoms with Crippen LogP contribution in [0.5, 0.6) is 5.75 Å². The summed E-state index contributed by atoms with van der Waals surface area (Å²) >= 11 is 0. The number of aromatic nitrogens is 1. The summed E-state index contributed by atoms with van der Waals surface area (Å²) in [4.78, 5) is 19.4. The molecule has 25 heavy (non-hydrogen) atoms. The van der Waals surface area contributed by atoms with Crippen LogP contribution in [0.2, 0.25) is 0 Å². The van der Waals surface area contributed by atoms with Crippen molar-refractivity contribution in [1.29, 1.82) is 0 Å². The van der Waals surface area contributed by atoms with Crippen LogP contribution in [0.1, 0.15) is 5.56 Å². The number of anilines is 1. The molecule has 1 aromatic heterocycles. The summed E-state index contributed by atoms with van der Waals surface area (Å²) in [5.41, 5.74) is 1.40. The lowest BCUT2D eigenvalue weighted by Crippen LogP contribution is -2.40. The Balaban J connectivity index is 1.75. The maximum Gasteiger partial charge on any atom is 0.316 e. The third kappa shape index (κ3) is 2.35. The zero-order chi connectivity index (χ0) is 17.6. The Morgan fingerprint density at radius 2 is 2.24 bits per heavy atom. The van der Waals surface area contributed by atoms with Crippen molar-refractivity contribution in [2.75, 3.05) is 45.4 Å². The summed E-state index contributed by atoms with van der Waals surface area (Å²) in [6.45, 7) is 4.38. The van der Waals surface area contributed by atoms with Gasteiger partial charge in [-0.25, -0.2) is 4.98 Å². The Bertz CT molecular complexity index is 838. The van der Waals surface area contributed by atoms with Gasteiger partial charge in [0.15, 0.2) is 0 Å². The minimum Gasteiger partial charge on any atom is -0.494 e. The van der Waals surface area contributed by atoms with Gasteiger partial charge in [0.1, 0.15) is 22.5 Å². The zero-order valence-corrected chi connectivity index (χ0v) is 14.7. The summed E-state index contributed by atoms with van der Waals surface area (Å²) < 4.78 is 16.1. The molecule has 132 valence electrons. The van der Waals surface area contributed by atoms with Crippen LogP contribution in [0, 0.1) is 18.3 Å². The number of nitrogens with zero attached hydrogens (tertiary/aromatic N) is 2. The molecule has 0 amide bonds. The Kier molecular flexibility index (Phi) is 3.80. The molecule has 0 radical (unpaired) electrons. The number of carbonyl (C=O) groups excluding carboxylic acids is 1. The number of esters is 1. The van der Waals surface area contributed by atoms with Gasteiger partial charge in [-0.1, -0.05) is 12.1 Å². The number of rotatable bonds is 3. The Labute approximate surface area is 146 Å². The molecule has 3 heterocycles. The van der Waals surface area contributed by atoms with Crippen molar-refractivity contribution < 1.29 is 19.0 Å². The molecular formula is C19H22N2O4. The Morgan fingerprint density at radius 1 is 1.40 bits per heavy atom. The number of benzene rings is 1. The van der Waals surface area contributed by atoms with Crippen molar-refractivity contribution in [3.63, 3.8) is 0 Å². The van der Waals surface area contributed by atoms with Crippen LogP contribution >= 0.6 is 0 Å². The van der Waals surface area contributed by atoms with Gasteiger partial charge >= 0.3 is 5.97 Å². The van der Waals surface area contributed by atoms with Gasteiger partial charge in [-0.3, -0.25) is 4.79 Å². The maximum atomic E-state index is 12.4. The molecule has 0 bridgehead atoms. The molecule has 0 spiro atoms. The number of methoxy groups -OCH3 is 2. The highest BCUT2D eigenvalue weighted by molar-refractivity contribution is 5.89. The van der Waals surface area contributed by atoms with Crippen molar-refractivity contribution in [2.45, 2.75) is 6.92 Å². The lowest BCUT2D eigenvalue weighted by Gasteiger charge is -2.24.